The van der Waals surface area contributed by atoms with Gasteiger partial charge in [-0.2, -0.15) is 0 Å². The number of hydrogen-bond acceptors (Lipinski definition) is 3. The van der Waals surface area contributed by atoms with E-state index in [0.29, 0.717) is 11.1 Å². The second kappa shape index (κ2) is 7.19. The summed E-state index contributed by atoms with van der Waals surface area (Å²) >= 11 is 0. The lowest BCUT2D eigenvalue weighted by Gasteiger charge is -2.16. The molecule has 5 nitrogen and oxygen atoms in total. The maximum Gasteiger partial charge on any atom is 0.328 e. The van der Waals surface area contributed by atoms with Crippen LogP contribution in [-0.4, -0.2) is 16.7 Å². The highest BCUT2D eigenvalue weighted by Crippen LogP contribution is 2.28. The zero-order valence-electron chi connectivity index (χ0n) is 15.1. The fourth-order valence-corrected chi connectivity index (χ4v) is 3.07. The number of halogens is 2. The maximum atomic E-state index is 14.7. The highest BCUT2D eigenvalue weighted by Gasteiger charge is 2.19. The van der Waals surface area contributed by atoms with Crippen molar-refractivity contribution in [3.8, 4) is 16.9 Å². The van der Waals surface area contributed by atoms with Crippen molar-refractivity contribution in [2.45, 2.75) is 20.4 Å². The summed E-state index contributed by atoms with van der Waals surface area (Å²) in [5.41, 5.74) is -0.169. The van der Waals surface area contributed by atoms with Crippen LogP contribution in [0.2, 0.25) is 0 Å². The van der Waals surface area contributed by atoms with Crippen molar-refractivity contribution in [3.05, 3.63) is 85.7 Å². The van der Waals surface area contributed by atoms with E-state index in [1.165, 1.54) is 36.8 Å². The van der Waals surface area contributed by atoms with Crippen LogP contribution in [0.4, 0.5) is 8.78 Å². The molecule has 140 valence electrons. The first-order valence-corrected chi connectivity index (χ1v) is 8.25. The van der Waals surface area contributed by atoms with Crippen LogP contribution in [0.15, 0.2) is 46.0 Å². The van der Waals surface area contributed by atoms with Crippen LogP contribution < -0.4 is 16.0 Å². The number of hydrogen-bond donors (Lipinski definition) is 1. The molecule has 0 spiro atoms. The Balaban J connectivity index is 2.24. The molecule has 0 amide bonds. The number of ether oxygens (including phenoxy) is 1. The van der Waals surface area contributed by atoms with E-state index in [1.807, 2.05) is 0 Å². The van der Waals surface area contributed by atoms with Gasteiger partial charge >= 0.3 is 5.69 Å². The lowest BCUT2D eigenvalue weighted by Crippen LogP contribution is -2.34. The van der Waals surface area contributed by atoms with Crippen LogP contribution in [0, 0.1) is 25.5 Å². The monoisotopic (exact) mass is 372 g/mol. The van der Waals surface area contributed by atoms with E-state index in [4.69, 9.17) is 4.74 Å². The molecule has 0 radical (unpaired) electrons. The molecule has 1 heterocycles. The molecule has 27 heavy (non-hydrogen) atoms. The Hall–Kier alpha value is -3.22. The molecule has 0 fully saturated rings. The molecule has 7 heteroatoms. The van der Waals surface area contributed by atoms with Crippen LogP contribution in [0.1, 0.15) is 16.8 Å². The predicted octanol–water partition coefficient (Wildman–Crippen LogP) is 3.16. The first-order chi connectivity index (χ1) is 12.8. The van der Waals surface area contributed by atoms with Crippen molar-refractivity contribution < 1.29 is 13.5 Å². The summed E-state index contributed by atoms with van der Waals surface area (Å²) in [6, 6.07) is 9.02. The topological polar surface area (TPSA) is 64.1 Å². The Morgan fingerprint density at radius 3 is 2.44 bits per heavy atom. The lowest BCUT2D eigenvalue weighted by molar-refractivity contribution is 0.387. The van der Waals surface area contributed by atoms with Crippen LogP contribution >= 0.6 is 0 Å². The second-order valence-electron chi connectivity index (χ2n) is 6.16. The number of rotatable bonds is 4. The summed E-state index contributed by atoms with van der Waals surface area (Å²) in [6.45, 7) is 3.17. The number of nitrogens with zero attached hydrogens (tertiary/aromatic N) is 1. The largest absolute Gasteiger partial charge is 0.494 e. The van der Waals surface area contributed by atoms with Crippen molar-refractivity contribution in [2.24, 2.45) is 0 Å². The molecule has 0 aliphatic carbocycles. The number of aryl methyl sites for hydroxylation is 1. The molecule has 3 rings (SSSR count). The van der Waals surface area contributed by atoms with Gasteiger partial charge in [0.2, 0.25) is 0 Å². The fraction of sp³-hybridized carbons (Fsp3) is 0.200. The molecule has 0 unspecified atom stereocenters. The zero-order valence-corrected chi connectivity index (χ0v) is 15.1. The highest BCUT2D eigenvalue weighted by molar-refractivity contribution is 5.67. The van der Waals surface area contributed by atoms with E-state index in [1.54, 1.807) is 25.1 Å². The first-order valence-electron chi connectivity index (χ1n) is 8.25. The minimum Gasteiger partial charge on any atom is -0.494 e. The molecule has 0 atom stereocenters. The van der Waals surface area contributed by atoms with Crippen LogP contribution in [0.25, 0.3) is 11.1 Å². The highest BCUT2D eigenvalue weighted by atomic mass is 19.1. The Kier molecular flexibility index (Phi) is 4.94. The van der Waals surface area contributed by atoms with Crippen LogP contribution in [-0.2, 0) is 6.54 Å². The summed E-state index contributed by atoms with van der Waals surface area (Å²) < 4.78 is 35.1. The maximum absolute atomic E-state index is 14.7. The Morgan fingerprint density at radius 2 is 1.78 bits per heavy atom. The van der Waals surface area contributed by atoms with Gasteiger partial charge in [0.05, 0.1) is 19.2 Å². The molecular formula is C20H18F2N2O3. The van der Waals surface area contributed by atoms with Crippen molar-refractivity contribution in [1.82, 2.24) is 9.55 Å². The molecular weight excluding hydrogens is 354 g/mol. The molecule has 1 N–H and O–H groups in total. The van der Waals surface area contributed by atoms with Crippen molar-refractivity contribution in [1.29, 1.82) is 0 Å². The normalized spacial score (nSPS) is 10.9. The Morgan fingerprint density at radius 1 is 1.07 bits per heavy atom. The van der Waals surface area contributed by atoms with E-state index in [0.717, 1.165) is 0 Å². The zero-order chi connectivity index (χ0) is 19.7. The van der Waals surface area contributed by atoms with Gasteiger partial charge in [0.1, 0.15) is 5.82 Å². The van der Waals surface area contributed by atoms with E-state index in [-0.39, 0.29) is 29.1 Å². The standard InChI is InChI=1S/C20H18F2N2O3/c1-11-6-4-8-15(21)14(11)10-24-12(2)17(19(25)23-20(24)26)13-7-5-9-16(27-3)18(13)22/h4-9H,10H2,1-3H3,(H,23,25,26). The third-order valence-corrected chi connectivity index (χ3v) is 4.58. The van der Waals surface area contributed by atoms with Gasteiger partial charge in [-0.25, -0.2) is 13.6 Å². The van der Waals surface area contributed by atoms with Gasteiger partial charge in [-0.1, -0.05) is 24.3 Å². The summed E-state index contributed by atoms with van der Waals surface area (Å²) in [7, 11) is 1.32. The molecule has 1 aromatic heterocycles. The second-order valence-corrected chi connectivity index (χ2v) is 6.16. The van der Waals surface area contributed by atoms with Gasteiger partial charge in [-0.05, 0) is 31.5 Å². The number of nitrogens with one attached hydrogen (secondary N) is 1. The molecule has 0 aliphatic heterocycles. The number of benzene rings is 2. The minimum atomic E-state index is -0.717. The molecule has 0 saturated carbocycles. The van der Waals surface area contributed by atoms with Crippen molar-refractivity contribution >= 4 is 0 Å². The van der Waals surface area contributed by atoms with Gasteiger partial charge in [-0.15, -0.1) is 0 Å². The van der Waals surface area contributed by atoms with Gasteiger partial charge in [-0.3, -0.25) is 14.3 Å². The van der Waals surface area contributed by atoms with Gasteiger partial charge in [0, 0.05) is 16.8 Å². The third kappa shape index (κ3) is 3.28. The quantitative estimate of drug-likeness (QED) is 0.765. The van der Waals surface area contributed by atoms with Crippen LogP contribution in [0.5, 0.6) is 5.75 Å². The van der Waals surface area contributed by atoms with Crippen LogP contribution in [0.3, 0.4) is 0 Å². The molecule has 0 aliphatic rings. The SMILES string of the molecule is COc1cccc(-c2c(C)n(Cc3c(C)cccc3F)c(=O)[nH]c2=O)c1F. The van der Waals surface area contributed by atoms with Crippen molar-refractivity contribution in [2.75, 3.05) is 7.11 Å². The van der Waals surface area contributed by atoms with Gasteiger partial charge in [0.15, 0.2) is 11.6 Å². The summed E-state index contributed by atoms with van der Waals surface area (Å²) in [6.07, 6.45) is 0. The van der Waals surface area contributed by atoms with E-state index in [2.05, 4.69) is 4.98 Å². The number of aromatic amines is 1. The predicted molar refractivity (Wildman–Crippen MR) is 98.2 cm³/mol. The molecule has 0 bridgehead atoms. The average Bonchev–Trinajstić information content (AvgIpc) is 2.62. The first kappa shape index (κ1) is 18.6. The smallest absolute Gasteiger partial charge is 0.328 e. The van der Waals surface area contributed by atoms with E-state index in [9.17, 15) is 18.4 Å². The fourth-order valence-electron chi connectivity index (χ4n) is 3.07. The lowest BCUT2D eigenvalue weighted by atomic mass is 10.0. The summed E-state index contributed by atoms with van der Waals surface area (Å²) in [5, 5.41) is 0. The summed E-state index contributed by atoms with van der Waals surface area (Å²) in [5.74, 6) is -1.18. The number of methoxy groups -OCH3 is 1. The molecule has 2 aromatic carbocycles. The number of H-pyrrole nitrogens is 1. The molecule has 0 saturated heterocycles. The third-order valence-electron chi connectivity index (χ3n) is 4.58. The Bertz CT molecular complexity index is 1110. The number of aromatic nitrogens is 2. The van der Waals surface area contributed by atoms with Gasteiger partial charge < -0.3 is 4.74 Å². The van der Waals surface area contributed by atoms with E-state index < -0.39 is 22.9 Å². The Labute approximate surface area is 153 Å². The molecule has 3 aromatic rings. The van der Waals surface area contributed by atoms with E-state index >= 15 is 0 Å². The average molecular weight is 372 g/mol. The van der Waals surface area contributed by atoms with Crippen molar-refractivity contribution in [3.63, 3.8) is 0 Å². The minimum absolute atomic E-state index is 0.00000709. The van der Waals surface area contributed by atoms with Gasteiger partial charge in [0.25, 0.3) is 5.56 Å². The summed E-state index contributed by atoms with van der Waals surface area (Å²) in [4.78, 5) is 26.9.